The van der Waals surface area contributed by atoms with E-state index in [0.717, 1.165) is 0 Å². The van der Waals surface area contributed by atoms with Crippen LogP contribution in [0.3, 0.4) is 0 Å². The van der Waals surface area contributed by atoms with Crippen molar-refractivity contribution >= 4 is 21.9 Å². The van der Waals surface area contributed by atoms with E-state index < -0.39 is 5.97 Å². The first-order valence-electron chi connectivity index (χ1n) is 5.17. The molecule has 98 valence electrons. The summed E-state index contributed by atoms with van der Waals surface area (Å²) in [5.74, 6) is -0.753. The molecule has 0 aliphatic heterocycles. The first-order valence-corrected chi connectivity index (χ1v) is 5.97. The number of benzene rings is 1. The fourth-order valence-corrected chi connectivity index (χ4v) is 1.60. The molecule has 0 saturated carbocycles. The monoisotopic (exact) mass is 324 g/mol. The molecule has 6 nitrogen and oxygen atoms in total. The lowest BCUT2D eigenvalue weighted by atomic mass is 10.2. The van der Waals surface area contributed by atoms with Gasteiger partial charge in [0.15, 0.2) is 11.5 Å². The molecule has 19 heavy (non-hydrogen) atoms. The summed E-state index contributed by atoms with van der Waals surface area (Å²) in [4.78, 5) is 19.0. The summed E-state index contributed by atoms with van der Waals surface area (Å²) < 4.78 is 11.2. The zero-order valence-corrected chi connectivity index (χ0v) is 11.4. The van der Waals surface area contributed by atoms with Crippen LogP contribution in [0.15, 0.2) is 35.1 Å². The van der Waals surface area contributed by atoms with Gasteiger partial charge < -0.3 is 14.6 Å². The van der Waals surface area contributed by atoms with Crippen molar-refractivity contribution in [2.45, 2.75) is 0 Å². The summed E-state index contributed by atoms with van der Waals surface area (Å²) in [6, 6.07) is 4.62. The van der Waals surface area contributed by atoms with Gasteiger partial charge in [0, 0.05) is 12.4 Å². The number of methoxy groups -OCH3 is 1. The van der Waals surface area contributed by atoms with E-state index in [4.69, 9.17) is 14.6 Å². The Hall–Kier alpha value is -2.15. The summed E-state index contributed by atoms with van der Waals surface area (Å²) in [6.07, 6.45) is 3.00. The molecule has 1 heterocycles. The van der Waals surface area contributed by atoms with Crippen LogP contribution in [0.1, 0.15) is 10.4 Å². The Morgan fingerprint density at radius 1 is 1.32 bits per heavy atom. The highest BCUT2D eigenvalue weighted by Gasteiger charge is 2.17. The number of para-hydroxylation sites is 1. The lowest BCUT2D eigenvalue weighted by molar-refractivity contribution is 0.0693. The molecule has 0 radical (unpaired) electrons. The maximum Gasteiger partial charge on any atom is 0.339 e. The molecule has 0 aliphatic rings. The molecule has 0 amide bonds. The van der Waals surface area contributed by atoms with Crippen LogP contribution < -0.4 is 9.47 Å². The fourth-order valence-electron chi connectivity index (χ4n) is 1.39. The van der Waals surface area contributed by atoms with Gasteiger partial charge in [-0.25, -0.2) is 14.8 Å². The molecule has 0 unspecified atom stereocenters. The van der Waals surface area contributed by atoms with Crippen molar-refractivity contribution in [2.24, 2.45) is 0 Å². The van der Waals surface area contributed by atoms with E-state index >= 15 is 0 Å². The Kier molecular flexibility index (Phi) is 3.96. The first-order chi connectivity index (χ1) is 9.11. The summed E-state index contributed by atoms with van der Waals surface area (Å²) >= 11 is 3.20. The highest BCUT2D eigenvalue weighted by Crippen LogP contribution is 2.33. The van der Waals surface area contributed by atoms with Gasteiger partial charge >= 0.3 is 12.0 Å². The van der Waals surface area contributed by atoms with E-state index in [1.807, 2.05) is 0 Å². The predicted molar refractivity (Wildman–Crippen MR) is 69.8 cm³/mol. The number of carboxylic acids is 1. The number of aromatic nitrogens is 2. The molecule has 1 N–H and O–H groups in total. The Bertz CT molecular complexity index is 601. The van der Waals surface area contributed by atoms with Gasteiger partial charge in [0.05, 0.1) is 11.6 Å². The van der Waals surface area contributed by atoms with Crippen molar-refractivity contribution in [3.8, 4) is 17.5 Å². The van der Waals surface area contributed by atoms with E-state index in [1.165, 1.54) is 25.6 Å². The predicted octanol–water partition coefficient (Wildman–Crippen LogP) is 2.74. The van der Waals surface area contributed by atoms with Crippen LogP contribution in [-0.4, -0.2) is 28.2 Å². The molecule has 1 aromatic heterocycles. The second kappa shape index (κ2) is 5.66. The number of ether oxygens (including phenoxy) is 2. The molecule has 0 atom stereocenters. The minimum atomic E-state index is -1.12. The summed E-state index contributed by atoms with van der Waals surface area (Å²) in [7, 11) is 1.43. The Morgan fingerprint density at radius 3 is 2.58 bits per heavy atom. The highest BCUT2D eigenvalue weighted by molar-refractivity contribution is 9.10. The largest absolute Gasteiger partial charge is 0.493 e. The molecule has 0 saturated heterocycles. The van der Waals surface area contributed by atoms with Gasteiger partial charge in [-0.2, -0.15) is 0 Å². The number of hydrogen-bond acceptors (Lipinski definition) is 5. The fraction of sp³-hybridized carbons (Fsp3) is 0.0833. The Morgan fingerprint density at radius 2 is 2.00 bits per heavy atom. The van der Waals surface area contributed by atoms with Gasteiger partial charge in [-0.1, -0.05) is 6.07 Å². The van der Waals surface area contributed by atoms with Crippen molar-refractivity contribution in [1.82, 2.24) is 9.97 Å². The van der Waals surface area contributed by atoms with E-state index in [9.17, 15) is 4.79 Å². The van der Waals surface area contributed by atoms with E-state index in [2.05, 4.69) is 25.9 Å². The van der Waals surface area contributed by atoms with E-state index in [1.54, 1.807) is 12.1 Å². The quantitative estimate of drug-likeness (QED) is 0.931. The van der Waals surface area contributed by atoms with Gasteiger partial charge in [-0.15, -0.1) is 0 Å². The number of carboxylic acid groups (broad SMARTS) is 1. The second-order valence-corrected chi connectivity index (χ2v) is 4.34. The highest BCUT2D eigenvalue weighted by atomic mass is 79.9. The molecular formula is C12H9BrN2O4. The van der Waals surface area contributed by atoms with E-state index in [0.29, 0.717) is 10.2 Å². The molecule has 0 fully saturated rings. The average Bonchev–Trinajstić information content (AvgIpc) is 2.41. The number of nitrogens with zero attached hydrogens (tertiary/aromatic N) is 2. The molecule has 0 aliphatic carbocycles. The number of rotatable bonds is 4. The van der Waals surface area contributed by atoms with Gasteiger partial charge in [0.25, 0.3) is 0 Å². The molecule has 2 rings (SSSR count). The van der Waals surface area contributed by atoms with Crippen LogP contribution in [0, 0.1) is 0 Å². The SMILES string of the molecule is COc1cccc(C(=O)O)c1Oc1ncc(Br)cn1. The van der Waals surface area contributed by atoms with Crippen LogP contribution in [-0.2, 0) is 0 Å². The lowest BCUT2D eigenvalue weighted by Gasteiger charge is -2.11. The minimum absolute atomic E-state index is 0.0223. The second-order valence-electron chi connectivity index (χ2n) is 3.43. The topological polar surface area (TPSA) is 81.5 Å². The molecule has 1 aromatic carbocycles. The average molecular weight is 325 g/mol. The molecule has 2 aromatic rings. The number of aromatic carboxylic acids is 1. The number of hydrogen-bond donors (Lipinski definition) is 1. The standard InChI is InChI=1S/C12H9BrN2O4/c1-18-9-4-2-3-8(11(16)17)10(9)19-12-14-5-7(13)6-15-12/h2-6H,1H3,(H,16,17). The van der Waals surface area contributed by atoms with Crippen LogP contribution in [0.2, 0.25) is 0 Å². The van der Waals surface area contributed by atoms with Crippen molar-refractivity contribution in [1.29, 1.82) is 0 Å². The number of carbonyl (C=O) groups is 1. The molecular weight excluding hydrogens is 316 g/mol. The van der Waals surface area contributed by atoms with Crippen LogP contribution in [0.4, 0.5) is 0 Å². The zero-order valence-electron chi connectivity index (χ0n) is 9.83. The third-order valence-electron chi connectivity index (χ3n) is 2.22. The molecule has 0 spiro atoms. The van der Waals surface area contributed by atoms with Crippen LogP contribution >= 0.6 is 15.9 Å². The zero-order chi connectivity index (χ0) is 13.8. The maximum absolute atomic E-state index is 11.2. The summed E-state index contributed by atoms with van der Waals surface area (Å²) in [5.41, 5.74) is -0.0223. The van der Waals surface area contributed by atoms with Gasteiger partial charge in [-0.3, -0.25) is 0 Å². The van der Waals surface area contributed by atoms with Crippen molar-refractivity contribution in [3.63, 3.8) is 0 Å². The Labute approximate surface area is 117 Å². The normalized spacial score (nSPS) is 10.0. The Balaban J connectivity index is 2.42. The third-order valence-corrected chi connectivity index (χ3v) is 2.63. The molecule has 0 bridgehead atoms. The van der Waals surface area contributed by atoms with Gasteiger partial charge in [-0.05, 0) is 28.1 Å². The minimum Gasteiger partial charge on any atom is -0.493 e. The third kappa shape index (κ3) is 3.00. The van der Waals surface area contributed by atoms with Gasteiger partial charge in [0.2, 0.25) is 0 Å². The smallest absolute Gasteiger partial charge is 0.339 e. The van der Waals surface area contributed by atoms with E-state index in [-0.39, 0.29) is 17.3 Å². The first kappa shape index (κ1) is 13.3. The number of halogens is 1. The van der Waals surface area contributed by atoms with Crippen LogP contribution in [0.25, 0.3) is 0 Å². The van der Waals surface area contributed by atoms with Gasteiger partial charge in [0.1, 0.15) is 5.56 Å². The van der Waals surface area contributed by atoms with Crippen molar-refractivity contribution in [3.05, 3.63) is 40.6 Å². The van der Waals surface area contributed by atoms with Crippen molar-refractivity contribution in [2.75, 3.05) is 7.11 Å². The maximum atomic E-state index is 11.2. The summed E-state index contributed by atoms with van der Waals surface area (Å²) in [5, 5.41) is 9.12. The lowest BCUT2D eigenvalue weighted by Crippen LogP contribution is -2.03. The van der Waals surface area contributed by atoms with Crippen LogP contribution in [0.5, 0.6) is 17.5 Å². The molecule has 7 heteroatoms. The van der Waals surface area contributed by atoms with Crippen molar-refractivity contribution < 1.29 is 19.4 Å². The summed E-state index contributed by atoms with van der Waals surface area (Å²) in [6.45, 7) is 0.